The van der Waals surface area contributed by atoms with Gasteiger partial charge in [0.15, 0.2) is 6.29 Å². The van der Waals surface area contributed by atoms with E-state index < -0.39 is 12.4 Å². The molecule has 3 aromatic rings. The fourth-order valence-corrected chi connectivity index (χ4v) is 5.09. The summed E-state index contributed by atoms with van der Waals surface area (Å²) in [7, 11) is 0. The van der Waals surface area contributed by atoms with Gasteiger partial charge in [-0.2, -0.15) is 0 Å². The molecule has 1 aliphatic rings. The number of nitrogens with one attached hydrogen (secondary N) is 1. The predicted molar refractivity (Wildman–Crippen MR) is 143 cm³/mol. The van der Waals surface area contributed by atoms with Gasteiger partial charge in [-0.25, -0.2) is 9.78 Å². The summed E-state index contributed by atoms with van der Waals surface area (Å²) in [4.78, 5) is 16.1. The molecular formula is C29H32N2O5S. The molecule has 1 saturated heterocycles. The summed E-state index contributed by atoms with van der Waals surface area (Å²) >= 11 is 1.67. The number of benzene rings is 2. The number of aliphatic hydroxyl groups is 1. The standard InChI is InChI=1S/C29H32N2O5S/c1-3-16-34-29(33)31-17-21-7-13-24(14-8-21)28-35-25(19-37-26-6-4-5-15-30-26)20(2)27(36-28)23-11-9-22(18-32)10-12-23/h3-15,20,25,27-28,32H,1,16-19H2,2H3,(H,31,33). The summed E-state index contributed by atoms with van der Waals surface area (Å²) < 4.78 is 17.9. The Labute approximate surface area is 221 Å². The molecule has 0 saturated carbocycles. The van der Waals surface area contributed by atoms with Crippen molar-refractivity contribution in [3.05, 3.63) is 108 Å². The van der Waals surface area contributed by atoms with Crippen molar-refractivity contribution in [3.63, 3.8) is 0 Å². The van der Waals surface area contributed by atoms with Crippen molar-refractivity contribution >= 4 is 17.9 Å². The highest BCUT2D eigenvalue weighted by Crippen LogP contribution is 2.42. The average Bonchev–Trinajstić information content (AvgIpc) is 2.95. The van der Waals surface area contributed by atoms with E-state index in [2.05, 4.69) is 23.8 Å². The zero-order valence-corrected chi connectivity index (χ0v) is 21.6. The lowest BCUT2D eigenvalue weighted by molar-refractivity contribution is -0.268. The van der Waals surface area contributed by atoms with Crippen molar-refractivity contribution < 1.29 is 24.1 Å². The number of thioether (sulfide) groups is 1. The maximum atomic E-state index is 11.7. The maximum absolute atomic E-state index is 11.7. The monoisotopic (exact) mass is 520 g/mol. The van der Waals surface area contributed by atoms with Crippen LogP contribution in [-0.2, 0) is 27.4 Å². The van der Waals surface area contributed by atoms with Crippen LogP contribution in [0.15, 0.2) is 90.6 Å². The second-order valence-electron chi connectivity index (χ2n) is 8.78. The molecule has 2 N–H and O–H groups in total. The van der Waals surface area contributed by atoms with E-state index in [0.29, 0.717) is 6.54 Å². The van der Waals surface area contributed by atoms with E-state index >= 15 is 0 Å². The summed E-state index contributed by atoms with van der Waals surface area (Å²) in [5.74, 6) is 0.829. The Morgan fingerprint density at radius 2 is 1.81 bits per heavy atom. The number of amides is 1. The summed E-state index contributed by atoms with van der Waals surface area (Å²) in [6, 6.07) is 21.6. The largest absolute Gasteiger partial charge is 0.445 e. The minimum absolute atomic E-state index is 0.00359. The van der Waals surface area contributed by atoms with Crippen LogP contribution >= 0.6 is 11.8 Å². The van der Waals surface area contributed by atoms with Gasteiger partial charge in [-0.05, 0) is 28.8 Å². The molecule has 2 heterocycles. The Morgan fingerprint density at radius 3 is 2.49 bits per heavy atom. The van der Waals surface area contributed by atoms with Crippen molar-refractivity contribution in [2.75, 3.05) is 12.4 Å². The number of hydrogen-bond acceptors (Lipinski definition) is 7. The van der Waals surface area contributed by atoms with Crippen LogP contribution in [0.4, 0.5) is 4.79 Å². The van der Waals surface area contributed by atoms with E-state index in [1.807, 2.05) is 66.7 Å². The van der Waals surface area contributed by atoms with E-state index in [-0.39, 0.29) is 31.3 Å². The molecule has 1 fully saturated rings. The van der Waals surface area contributed by atoms with E-state index in [0.717, 1.165) is 33.0 Å². The van der Waals surface area contributed by atoms with Gasteiger partial charge < -0.3 is 24.6 Å². The van der Waals surface area contributed by atoms with Gasteiger partial charge in [-0.15, -0.1) is 11.8 Å². The smallest absolute Gasteiger partial charge is 0.407 e. The van der Waals surface area contributed by atoms with Gasteiger partial charge in [0.25, 0.3) is 0 Å². The number of alkyl carbamates (subject to hydrolysis) is 1. The summed E-state index contributed by atoms with van der Waals surface area (Å²) in [5.41, 5.74) is 3.74. The van der Waals surface area contributed by atoms with E-state index in [1.54, 1.807) is 18.0 Å². The minimum Gasteiger partial charge on any atom is -0.445 e. The molecule has 8 heteroatoms. The highest BCUT2D eigenvalue weighted by molar-refractivity contribution is 7.99. The van der Waals surface area contributed by atoms with E-state index in [1.165, 1.54) is 6.08 Å². The number of hydrogen-bond donors (Lipinski definition) is 2. The quantitative estimate of drug-likeness (QED) is 0.267. The van der Waals surface area contributed by atoms with Crippen molar-refractivity contribution in [1.82, 2.24) is 10.3 Å². The first-order valence-electron chi connectivity index (χ1n) is 12.2. The molecule has 4 atom stereocenters. The van der Waals surface area contributed by atoms with Gasteiger partial charge in [0, 0.05) is 30.0 Å². The average molecular weight is 521 g/mol. The Balaban J connectivity index is 1.48. The molecule has 194 valence electrons. The molecular weight excluding hydrogens is 488 g/mol. The van der Waals surface area contributed by atoms with Gasteiger partial charge in [0.1, 0.15) is 6.61 Å². The summed E-state index contributed by atoms with van der Waals surface area (Å²) in [5, 5.41) is 13.1. The SMILES string of the molecule is C=CCOC(=O)NCc1ccc(C2OC(CSc3ccccn3)C(C)C(c3ccc(CO)cc3)O2)cc1. The lowest BCUT2D eigenvalue weighted by atomic mass is 9.91. The van der Waals surface area contributed by atoms with Gasteiger partial charge in [-0.3, -0.25) is 0 Å². The third kappa shape index (κ3) is 7.42. The molecule has 4 rings (SSSR count). The normalized spacial score (nSPS) is 21.2. The number of ether oxygens (including phenoxy) is 3. The van der Waals surface area contributed by atoms with Crippen LogP contribution in [0.3, 0.4) is 0 Å². The molecule has 37 heavy (non-hydrogen) atoms. The fraction of sp³-hybridized carbons (Fsp3) is 0.310. The van der Waals surface area contributed by atoms with Crippen molar-refractivity contribution in [3.8, 4) is 0 Å². The lowest BCUT2D eigenvalue weighted by Crippen LogP contribution is -2.38. The van der Waals surface area contributed by atoms with Crippen LogP contribution in [0, 0.1) is 5.92 Å². The minimum atomic E-state index is -0.549. The number of pyridine rings is 1. The highest BCUT2D eigenvalue weighted by atomic mass is 32.2. The van der Waals surface area contributed by atoms with Gasteiger partial charge >= 0.3 is 6.09 Å². The van der Waals surface area contributed by atoms with Crippen LogP contribution in [0.2, 0.25) is 0 Å². The van der Waals surface area contributed by atoms with Crippen LogP contribution in [0.1, 0.15) is 41.6 Å². The Bertz CT molecular complexity index is 1140. The van der Waals surface area contributed by atoms with Crippen LogP contribution < -0.4 is 5.32 Å². The first kappa shape index (κ1) is 26.9. The van der Waals surface area contributed by atoms with Crippen LogP contribution in [0.5, 0.6) is 0 Å². The summed E-state index contributed by atoms with van der Waals surface area (Å²) in [6.45, 7) is 6.20. The van der Waals surface area contributed by atoms with Crippen LogP contribution in [-0.4, -0.2) is 34.6 Å². The topological polar surface area (TPSA) is 89.9 Å². The Morgan fingerprint density at radius 1 is 1.08 bits per heavy atom. The zero-order chi connectivity index (χ0) is 26.0. The molecule has 0 aliphatic carbocycles. The fourth-order valence-electron chi connectivity index (χ4n) is 4.06. The van der Waals surface area contributed by atoms with E-state index in [9.17, 15) is 9.90 Å². The highest BCUT2D eigenvalue weighted by Gasteiger charge is 2.38. The molecule has 1 amide bonds. The second kappa shape index (κ2) is 13.4. The van der Waals surface area contributed by atoms with Gasteiger partial charge in [-0.1, -0.05) is 74.2 Å². The third-order valence-corrected chi connectivity index (χ3v) is 7.21. The number of carbonyl (C=O) groups excluding carboxylic acids is 1. The predicted octanol–water partition coefficient (Wildman–Crippen LogP) is 5.57. The molecule has 4 unspecified atom stereocenters. The number of aromatic nitrogens is 1. The number of rotatable bonds is 10. The van der Waals surface area contributed by atoms with Crippen molar-refractivity contribution in [1.29, 1.82) is 0 Å². The van der Waals surface area contributed by atoms with Crippen molar-refractivity contribution in [2.24, 2.45) is 5.92 Å². The molecule has 7 nitrogen and oxygen atoms in total. The molecule has 2 aromatic carbocycles. The molecule has 1 aromatic heterocycles. The summed E-state index contributed by atoms with van der Waals surface area (Å²) in [6.07, 6.45) is 2.03. The van der Waals surface area contributed by atoms with Crippen LogP contribution in [0.25, 0.3) is 0 Å². The first-order valence-corrected chi connectivity index (χ1v) is 13.2. The van der Waals surface area contributed by atoms with Crippen molar-refractivity contribution in [2.45, 2.75) is 43.6 Å². The second-order valence-corrected chi connectivity index (χ2v) is 9.82. The Hall–Kier alpha value is -3.17. The number of carbonyl (C=O) groups is 1. The van der Waals surface area contributed by atoms with E-state index in [4.69, 9.17) is 14.2 Å². The number of nitrogens with zero attached hydrogens (tertiary/aromatic N) is 1. The van der Waals surface area contributed by atoms with Gasteiger partial charge in [0.2, 0.25) is 0 Å². The third-order valence-electron chi connectivity index (χ3n) is 6.18. The lowest BCUT2D eigenvalue weighted by Gasteiger charge is -2.41. The molecule has 0 spiro atoms. The first-order chi connectivity index (χ1) is 18.1. The Kier molecular flexibility index (Phi) is 9.73. The zero-order valence-electron chi connectivity index (χ0n) is 20.8. The molecule has 0 radical (unpaired) electrons. The van der Waals surface area contributed by atoms with Gasteiger partial charge in [0.05, 0.1) is 23.8 Å². The molecule has 1 aliphatic heterocycles. The molecule has 0 bridgehead atoms. The number of aliphatic hydroxyl groups excluding tert-OH is 1. The maximum Gasteiger partial charge on any atom is 0.407 e.